The van der Waals surface area contributed by atoms with E-state index in [0.717, 1.165) is 24.2 Å². The lowest BCUT2D eigenvalue weighted by molar-refractivity contribution is 0.207. The number of hydrogen-bond donors (Lipinski definition) is 1. The fourth-order valence-corrected chi connectivity index (χ4v) is 2.41. The first-order valence-electron chi connectivity index (χ1n) is 5.89. The van der Waals surface area contributed by atoms with E-state index in [2.05, 4.69) is 0 Å². The van der Waals surface area contributed by atoms with Gasteiger partial charge in [0.05, 0.1) is 11.1 Å². The summed E-state index contributed by atoms with van der Waals surface area (Å²) in [5.74, 6) is 0.783. The highest BCUT2D eigenvalue weighted by Crippen LogP contribution is 2.35. The molecule has 0 saturated heterocycles. The predicted molar refractivity (Wildman–Crippen MR) is 66.9 cm³/mol. The molecule has 2 nitrogen and oxygen atoms in total. The van der Waals surface area contributed by atoms with Crippen LogP contribution in [0.2, 0.25) is 5.02 Å². The molecule has 3 heteroatoms. The third-order valence-corrected chi connectivity index (χ3v) is 3.37. The van der Waals surface area contributed by atoms with Crippen molar-refractivity contribution in [2.45, 2.75) is 44.8 Å². The van der Waals surface area contributed by atoms with Gasteiger partial charge in [-0.1, -0.05) is 23.7 Å². The number of rotatable bonds is 3. The van der Waals surface area contributed by atoms with Gasteiger partial charge in [0.15, 0.2) is 0 Å². The van der Waals surface area contributed by atoms with Crippen LogP contribution < -0.4 is 10.5 Å². The van der Waals surface area contributed by atoms with Crippen LogP contribution in [0.4, 0.5) is 0 Å². The van der Waals surface area contributed by atoms with E-state index >= 15 is 0 Å². The Morgan fingerprint density at radius 3 is 2.69 bits per heavy atom. The number of halogens is 1. The van der Waals surface area contributed by atoms with Gasteiger partial charge in [-0.15, -0.1) is 0 Å². The summed E-state index contributed by atoms with van der Waals surface area (Å²) in [6.07, 6.45) is 5.08. The minimum absolute atomic E-state index is 0.0462. The van der Waals surface area contributed by atoms with Crippen LogP contribution in [0.5, 0.6) is 5.75 Å². The Morgan fingerprint density at radius 1 is 1.38 bits per heavy atom. The van der Waals surface area contributed by atoms with E-state index in [-0.39, 0.29) is 6.04 Å². The van der Waals surface area contributed by atoms with E-state index in [4.69, 9.17) is 22.1 Å². The molecule has 1 unspecified atom stereocenters. The quantitative estimate of drug-likeness (QED) is 0.873. The summed E-state index contributed by atoms with van der Waals surface area (Å²) < 4.78 is 5.99. The van der Waals surface area contributed by atoms with E-state index in [9.17, 15) is 0 Å². The molecule has 0 heterocycles. The molecule has 16 heavy (non-hydrogen) atoms. The Bertz CT molecular complexity index is 359. The molecule has 0 bridgehead atoms. The van der Waals surface area contributed by atoms with Gasteiger partial charge in [0.1, 0.15) is 5.75 Å². The third kappa shape index (κ3) is 2.50. The molecule has 1 aromatic carbocycles. The largest absolute Gasteiger partial charge is 0.489 e. The van der Waals surface area contributed by atoms with Gasteiger partial charge in [0.2, 0.25) is 0 Å². The highest BCUT2D eigenvalue weighted by atomic mass is 35.5. The second-order valence-corrected chi connectivity index (χ2v) is 4.88. The number of hydrogen-bond acceptors (Lipinski definition) is 2. The van der Waals surface area contributed by atoms with Crippen LogP contribution >= 0.6 is 11.6 Å². The maximum Gasteiger partial charge on any atom is 0.143 e. The Labute approximate surface area is 102 Å². The first kappa shape index (κ1) is 11.7. The predicted octanol–water partition coefficient (Wildman–Crippen LogP) is 3.68. The molecular weight excluding hydrogens is 222 g/mol. The average molecular weight is 240 g/mol. The summed E-state index contributed by atoms with van der Waals surface area (Å²) in [4.78, 5) is 0. The molecule has 0 radical (unpaired) electrons. The highest BCUT2D eigenvalue weighted by Gasteiger charge is 2.20. The molecule has 2 rings (SSSR count). The molecule has 2 N–H and O–H groups in total. The molecule has 88 valence electrons. The Kier molecular flexibility index (Phi) is 3.72. The monoisotopic (exact) mass is 239 g/mol. The van der Waals surface area contributed by atoms with Gasteiger partial charge in [-0.2, -0.15) is 0 Å². The van der Waals surface area contributed by atoms with Crippen LogP contribution in [0.3, 0.4) is 0 Å². The smallest absolute Gasteiger partial charge is 0.143 e. The van der Waals surface area contributed by atoms with Crippen LogP contribution in [-0.2, 0) is 0 Å². The molecular formula is C13H18ClNO. The number of nitrogens with two attached hydrogens (primary N) is 1. The number of ether oxygens (including phenoxy) is 1. The van der Waals surface area contributed by atoms with Crippen molar-refractivity contribution >= 4 is 11.6 Å². The van der Waals surface area contributed by atoms with Crippen molar-refractivity contribution in [1.29, 1.82) is 0 Å². The van der Waals surface area contributed by atoms with Gasteiger partial charge in [-0.3, -0.25) is 0 Å². The van der Waals surface area contributed by atoms with Crippen molar-refractivity contribution in [3.63, 3.8) is 0 Å². The van der Waals surface area contributed by atoms with Crippen molar-refractivity contribution in [3.05, 3.63) is 28.8 Å². The Morgan fingerprint density at radius 2 is 2.06 bits per heavy atom. The molecule has 1 aliphatic rings. The number of para-hydroxylation sites is 1. The van der Waals surface area contributed by atoms with Crippen LogP contribution in [-0.4, -0.2) is 6.10 Å². The van der Waals surface area contributed by atoms with E-state index < -0.39 is 0 Å². The zero-order valence-electron chi connectivity index (χ0n) is 9.58. The van der Waals surface area contributed by atoms with Gasteiger partial charge in [0.25, 0.3) is 0 Å². The van der Waals surface area contributed by atoms with Crippen molar-refractivity contribution < 1.29 is 4.74 Å². The summed E-state index contributed by atoms with van der Waals surface area (Å²) in [5, 5.41) is 0.668. The van der Waals surface area contributed by atoms with Crippen molar-refractivity contribution in [3.8, 4) is 5.75 Å². The molecule has 1 aliphatic carbocycles. The first-order valence-corrected chi connectivity index (χ1v) is 6.27. The lowest BCUT2D eigenvalue weighted by Crippen LogP contribution is -2.15. The van der Waals surface area contributed by atoms with E-state index in [1.165, 1.54) is 12.8 Å². The van der Waals surface area contributed by atoms with Crippen molar-refractivity contribution in [2.24, 2.45) is 5.73 Å². The average Bonchev–Trinajstić information content (AvgIpc) is 2.73. The van der Waals surface area contributed by atoms with Crippen LogP contribution in [0, 0.1) is 0 Å². The first-order chi connectivity index (χ1) is 7.68. The normalized spacial score (nSPS) is 18.7. The Balaban J connectivity index is 2.23. The Hall–Kier alpha value is -0.730. The van der Waals surface area contributed by atoms with Gasteiger partial charge >= 0.3 is 0 Å². The highest BCUT2D eigenvalue weighted by molar-refractivity contribution is 6.32. The zero-order valence-corrected chi connectivity index (χ0v) is 10.3. The van der Waals surface area contributed by atoms with E-state index in [0.29, 0.717) is 11.1 Å². The maximum absolute atomic E-state index is 6.17. The van der Waals surface area contributed by atoms with Crippen molar-refractivity contribution in [2.75, 3.05) is 0 Å². The number of benzene rings is 1. The van der Waals surface area contributed by atoms with E-state index in [1.807, 2.05) is 25.1 Å². The van der Waals surface area contributed by atoms with Crippen LogP contribution in [0.25, 0.3) is 0 Å². The third-order valence-electron chi connectivity index (χ3n) is 3.07. The maximum atomic E-state index is 6.17. The summed E-state index contributed by atoms with van der Waals surface area (Å²) in [6, 6.07) is 5.72. The fourth-order valence-electron chi connectivity index (χ4n) is 2.18. The molecule has 1 atom stereocenters. The minimum atomic E-state index is -0.0462. The molecule has 0 aliphatic heterocycles. The second-order valence-electron chi connectivity index (χ2n) is 4.47. The molecule has 0 aromatic heterocycles. The standard InChI is InChI=1S/C13H18ClNO/c1-9(15)11-7-4-8-12(14)13(11)16-10-5-2-3-6-10/h4,7-10H,2-3,5-6,15H2,1H3. The SMILES string of the molecule is CC(N)c1cccc(Cl)c1OC1CCCC1. The van der Waals surface area contributed by atoms with Gasteiger partial charge < -0.3 is 10.5 Å². The summed E-state index contributed by atoms with van der Waals surface area (Å²) in [7, 11) is 0. The molecule has 0 amide bonds. The van der Waals surface area contributed by atoms with Gasteiger partial charge in [0, 0.05) is 11.6 Å². The molecule has 1 saturated carbocycles. The van der Waals surface area contributed by atoms with Crippen LogP contribution in [0.15, 0.2) is 18.2 Å². The second kappa shape index (κ2) is 5.07. The lowest BCUT2D eigenvalue weighted by atomic mass is 10.1. The summed E-state index contributed by atoms with van der Waals surface area (Å²) in [5.41, 5.74) is 6.92. The zero-order chi connectivity index (χ0) is 11.5. The topological polar surface area (TPSA) is 35.2 Å². The van der Waals surface area contributed by atoms with Crippen LogP contribution in [0.1, 0.15) is 44.2 Å². The lowest BCUT2D eigenvalue weighted by Gasteiger charge is -2.19. The van der Waals surface area contributed by atoms with Gasteiger partial charge in [-0.25, -0.2) is 0 Å². The summed E-state index contributed by atoms with van der Waals surface area (Å²) >= 11 is 6.17. The molecule has 1 fully saturated rings. The van der Waals surface area contributed by atoms with Crippen molar-refractivity contribution in [1.82, 2.24) is 0 Å². The fraction of sp³-hybridized carbons (Fsp3) is 0.538. The van der Waals surface area contributed by atoms with E-state index in [1.54, 1.807) is 0 Å². The summed E-state index contributed by atoms with van der Waals surface area (Å²) in [6.45, 7) is 1.95. The molecule has 0 spiro atoms. The van der Waals surface area contributed by atoms with Gasteiger partial charge in [-0.05, 0) is 38.7 Å². The minimum Gasteiger partial charge on any atom is -0.489 e. The molecule has 1 aromatic rings.